The van der Waals surface area contributed by atoms with E-state index >= 15 is 0 Å². The van der Waals surface area contributed by atoms with E-state index in [1.54, 1.807) is 24.3 Å². The minimum Gasteiger partial charge on any atom is -0.480 e. The summed E-state index contributed by atoms with van der Waals surface area (Å²) in [6.07, 6.45) is 1.14. The molecule has 112 valence electrons. The van der Waals surface area contributed by atoms with E-state index in [1.165, 1.54) is 11.8 Å². The number of carbonyl (C=O) groups excluding carboxylic acids is 2. The molecule has 1 aliphatic heterocycles. The van der Waals surface area contributed by atoms with Gasteiger partial charge < -0.3 is 20.6 Å². The fourth-order valence-corrected chi connectivity index (χ4v) is 2.34. The minimum atomic E-state index is -0.991. The Morgan fingerprint density at radius 3 is 2.52 bits per heavy atom. The molecule has 1 unspecified atom stereocenters. The summed E-state index contributed by atoms with van der Waals surface area (Å²) >= 11 is 0. The first kappa shape index (κ1) is 14.8. The average molecular weight is 291 g/mol. The highest BCUT2D eigenvalue weighted by molar-refractivity contribution is 5.94. The number of nitrogens with one attached hydrogen (secondary N) is 2. The molecule has 0 radical (unpaired) electrons. The second-order valence-corrected chi connectivity index (χ2v) is 4.88. The molecular weight excluding hydrogens is 274 g/mol. The smallest absolute Gasteiger partial charge is 0.326 e. The Bertz CT molecular complexity index is 573. The van der Waals surface area contributed by atoms with Crippen molar-refractivity contribution < 1.29 is 19.5 Å². The minimum absolute atomic E-state index is 0.205. The molecule has 7 heteroatoms. The number of urea groups is 1. The zero-order valence-corrected chi connectivity index (χ0v) is 11.6. The van der Waals surface area contributed by atoms with Gasteiger partial charge in [-0.25, -0.2) is 9.59 Å². The zero-order chi connectivity index (χ0) is 15.4. The maximum atomic E-state index is 12.1. The molecule has 2 rings (SSSR count). The molecular formula is C14H17N3O4. The van der Waals surface area contributed by atoms with Crippen LogP contribution in [0.1, 0.15) is 19.8 Å². The molecule has 1 aliphatic rings. The van der Waals surface area contributed by atoms with Gasteiger partial charge in [-0.1, -0.05) is 6.07 Å². The van der Waals surface area contributed by atoms with Crippen LogP contribution in [0, 0.1) is 0 Å². The molecule has 0 bridgehead atoms. The van der Waals surface area contributed by atoms with E-state index in [9.17, 15) is 14.4 Å². The lowest BCUT2D eigenvalue weighted by molar-refractivity contribution is -0.141. The van der Waals surface area contributed by atoms with Crippen molar-refractivity contribution in [3.05, 3.63) is 24.3 Å². The topological polar surface area (TPSA) is 98.7 Å². The third-order valence-corrected chi connectivity index (χ3v) is 3.23. The van der Waals surface area contributed by atoms with Crippen molar-refractivity contribution in [2.24, 2.45) is 0 Å². The van der Waals surface area contributed by atoms with Crippen LogP contribution in [-0.2, 0) is 9.59 Å². The number of hydrogen-bond acceptors (Lipinski definition) is 3. The van der Waals surface area contributed by atoms with Gasteiger partial charge in [-0.05, 0) is 31.0 Å². The summed E-state index contributed by atoms with van der Waals surface area (Å²) in [5.74, 6) is -1.20. The lowest BCUT2D eigenvalue weighted by Crippen LogP contribution is -2.42. The molecule has 1 atom stereocenters. The van der Waals surface area contributed by atoms with Gasteiger partial charge in [-0.2, -0.15) is 0 Å². The molecule has 21 heavy (non-hydrogen) atoms. The average Bonchev–Trinajstić information content (AvgIpc) is 2.87. The first-order chi connectivity index (χ1) is 9.97. The van der Waals surface area contributed by atoms with E-state index in [4.69, 9.17) is 5.11 Å². The number of carboxylic acids is 1. The third kappa shape index (κ3) is 3.71. The molecule has 0 spiro atoms. The number of carboxylic acid groups (broad SMARTS) is 1. The second kappa shape index (κ2) is 6.25. The summed E-state index contributed by atoms with van der Waals surface area (Å²) in [4.78, 5) is 35.5. The van der Waals surface area contributed by atoms with Gasteiger partial charge in [0, 0.05) is 24.8 Å². The van der Waals surface area contributed by atoms with Crippen LogP contribution in [0.2, 0.25) is 0 Å². The van der Waals surface area contributed by atoms with Crippen molar-refractivity contribution in [1.29, 1.82) is 0 Å². The van der Waals surface area contributed by atoms with Gasteiger partial charge in [-0.15, -0.1) is 0 Å². The highest BCUT2D eigenvalue weighted by Gasteiger charge is 2.33. The Morgan fingerprint density at radius 1 is 1.24 bits per heavy atom. The molecule has 1 aromatic rings. The van der Waals surface area contributed by atoms with E-state index in [-0.39, 0.29) is 5.91 Å². The predicted octanol–water partition coefficient (Wildman–Crippen LogP) is 1.73. The lowest BCUT2D eigenvalue weighted by atomic mass is 10.2. The van der Waals surface area contributed by atoms with Crippen molar-refractivity contribution in [1.82, 2.24) is 4.90 Å². The van der Waals surface area contributed by atoms with Crippen LogP contribution in [0.5, 0.6) is 0 Å². The van der Waals surface area contributed by atoms with Crippen LogP contribution in [0.15, 0.2) is 24.3 Å². The number of rotatable bonds is 3. The molecule has 7 nitrogen and oxygen atoms in total. The molecule has 1 heterocycles. The van der Waals surface area contributed by atoms with Crippen molar-refractivity contribution in [2.45, 2.75) is 25.8 Å². The van der Waals surface area contributed by atoms with Crippen LogP contribution in [0.4, 0.5) is 16.2 Å². The summed E-state index contributed by atoms with van der Waals surface area (Å²) in [5.41, 5.74) is 1.07. The maximum absolute atomic E-state index is 12.1. The van der Waals surface area contributed by atoms with Crippen LogP contribution in [0.25, 0.3) is 0 Å². The quantitative estimate of drug-likeness (QED) is 0.789. The number of carbonyl (C=O) groups is 3. The van der Waals surface area contributed by atoms with Crippen LogP contribution in [-0.4, -0.2) is 40.5 Å². The fourth-order valence-electron chi connectivity index (χ4n) is 2.34. The number of nitrogens with zero attached hydrogens (tertiary/aromatic N) is 1. The van der Waals surface area contributed by atoms with Crippen molar-refractivity contribution >= 4 is 29.3 Å². The number of aliphatic carboxylic acids is 1. The zero-order valence-electron chi connectivity index (χ0n) is 11.6. The van der Waals surface area contributed by atoms with Crippen LogP contribution >= 0.6 is 0 Å². The van der Waals surface area contributed by atoms with Crippen molar-refractivity contribution in [3.63, 3.8) is 0 Å². The van der Waals surface area contributed by atoms with Gasteiger partial charge in [0.1, 0.15) is 6.04 Å². The SMILES string of the molecule is CC(=O)Nc1cccc(NC(=O)N2CCCC2C(=O)O)c1. The standard InChI is InChI=1S/C14H17N3O4/c1-9(18)15-10-4-2-5-11(8-10)16-14(21)17-7-3-6-12(17)13(19)20/h2,4-5,8,12H,3,6-7H2,1H3,(H,15,18)(H,16,21)(H,19,20). The number of amides is 3. The molecule has 3 N–H and O–H groups in total. The van der Waals surface area contributed by atoms with Crippen LogP contribution in [0.3, 0.4) is 0 Å². The number of anilines is 2. The molecule has 0 aromatic heterocycles. The third-order valence-electron chi connectivity index (χ3n) is 3.23. The molecule has 0 saturated carbocycles. The second-order valence-electron chi connectivity index (χ2n) is 4.88. The Kier molecular flexibility index (Phi) is 4.42. The highest BCUT2D eigenvalue weighted by atomic mass is 16.4. The maximum Gasteiger partial charge on any atom is 0.326 e. The van der Waals surface area contributed by atoms with Gasteiger partial charge in [0.15, 0.2) is 0 Å². The fraction of sp³-hybridized carbons (Fsp3) is 0.357. The van der Waals surface area contributed by atoms with E-state index in [2.05, 4.69) is 10.6 Å². The summed E-state index contributed by atoms with van der Waals surface area (Å²) in [6, 6.07) is 5.47. The Balaban J connectivity index is 2.05. The molecule has 1 saturated heterocycles. The number of hydrogen-bond donors (Lipinski definition) is 3. The Hall–Kier alpha value is -2.57. The van der Waals surface area contributed by atoms with E-state index in [1.807, 2.05) is 0 Å². The van der Waals surface area contributed by atoms with Gasteiger partial charge in [0.2, 0.25) is 5.91 Å². The van der Waals surface area contributed by atoms with Crippen molar-refractivity contribution in [2.75, 3.05) is 17.2 Å². The summed E-state index contributed by atoms with van der Waals surface area (Å²) in [7, 11) is 0. The summed E-state index contributed by atoms with van der Waals surface area (Å²) in [6.45, 7) is 1.82. The Labute approximate surface area is 121 Å². The summed E-state index contributed by atoms with van der Waals surface area (Å²) < 4.78 is 0. The predicted molar refractivity (Wildman–Crippen MR) is 77.1 cm³/mol. The summed E-state index contributed by atoms with van der Waals surface area (Å²) in [5, 5.41) is 14.3. The van der Waals surface area contributed by atoms with Gasteiger partial charge >= 0.3 is 12.0 Å². The normalized spacial score (nSPS) is 17.4. The van der Waals surface area contributed by atoms with E-state index in [0.717, 1.165) is 0 Å². The van der Waals surface area contributed by atoms with Gasteiger partial charge in [0.05, 0.1) is 0 Å². The first-order valence-electron chi connectivity index (χ1n) is 6.65. The Morgan fingerprint density at radius 2 is 1.90 bits per heavy atom. The highest BCUT2D eigenvalue weighted by Crippen LogP contribution is 2.20. The molecule has 1 fully saturated rings. The van der Waals surface area contributed by atoms with Crippen molar-refractivity contribution in [3.8, 4) is 0 Å². The molecule has 3 amide bonds. The number of likely N-dealkylation sites (tertiary alicyclic amines) is 1. The molecule has 0 aliphatic carbocycles. The largest absolute Gasteiger partial charge is 0.480 e. The number of benzene rings is 1. The lowest BCUT2D eigenvalue weighted by Gasteiger charge is -2.22. The molecule has 1 aromatic carbocycles. The van der Waals surface area contributed by atoms with Gasteiger partial charge in [0.25, 0.3) is 0 Å². The van der Waals surface area contributed by atoms with Crippen LogP contribution < -0.4 is 10.6 Å². The monoisotopic (exact) mass is 291 g/mol. The van der Waals surface area contributed by atoms with E-state index in [0.29, 0.717) is 30.8 Å². The van der Waals surface area contributed by atoms with E-state index < -0.39 is 18.0 Å². The first-order valence-corrected chi connectivity index (χ1v) is 6.65. The van der Waals surface area contributed by atoms with Gasteiger partial charge in [-0.3, -0.25) is 4.79 Å².